The summed E-state index contributed by atoms with van der Waals surface area (Å²) in [6.07, 6.45) is 2.63. The van der Waals surface area contributed by atoms with Gasteiger partial charge in [-0.2, -0.15) is 0 Å². The van der Waals surface area contributed by atoms with Crippen molar-refractivity contribution in [2.45, 2.75) is 0 Å². The Morgan fingerprint density at radius 2 is 1.92 bits per heavy atom. The van der Waals surface area contributed by atoms with Crippen LogP contribution in [0, 0.1) is 0 Å². The number of morpholine rings is 1. The van der Waals surface area contributed by atoms with Crippen LogP contribution in [0.25, 0.3) is 22.0 Å². The Labute approximate surface area is 152 Å². The summed E-state index contributed by atoms with van der Waals surface area (Å²) in [7, 11) is 0. The van der Waals surface area contributed by atoms with Gasteiger partial charge in [-0.05, 0) is 35.4 Å². The van der Waals surface area contributed by atoms with Crippen LogP contribution in [0.5, 0.6) is 5.75 Å². The molecule has 3 aromatic rings. The van der Waals surface area contributed by atoms with Crippen molar-refractivity contribution in [1.29, 1.82) is 0 Å². The lowest BCUT2D eigenvalue weighted by Crippen LogP contribution is -2.38. The van der Waals surface area contributed by atoms with Crippen LogP contribution in [-0.2, 0) is 9.53 Å². The van der Waals surface area contributed by atoms with Crippen LogP contribution >= 0.6 is 0 Å². The van der Waals surface area contributed by atoms with Gasteiger partial charge in [-0.3, -0.25) is 14.3 Å². The summed E-state index contributed by atoms with van der Waals surface area (Å²) in [5.74, 6) is 0.864. The molecule has 0 saturated carbocycles. The second-order valence-electron chi connectivity index (χ2n) is 6.40. The molecule has 4 rings (SSSR count). The molecule has 0 aliphatic carbocycles. The molecule has 0 amide bonds. The zero-order chi connectivity index (χ0) is 17.8. The molecule has 0 unspecified atom stereocenters. The predicted molar refractivity (Wildman–Crippen MR) is 102 cm³/mol. The molecule has 0 atom stereocenters. The lowest BCUT2D eigenvalue weighted by atomic mass is 10.0. The number of fused-ring (bicyclic) bond motifs is 1. The average molecular weight is 350 g/mol. The summed E-state index contributed by atoms with van der Waals surface area (Å²) in [6.45, 7) is 5.12. The van der Waals surface area contributed by atoms with Crippen LogP contribution in [0.15, 0.2) is 54.7 Å². The molecule has 0 radical (unpaired) electrons. The smallest absolute Gasteiger partial charge is 0.218 e. The van der Waals surface area contributed by atoms with E-state index in [9.17, 15) is 4.79 Å². The van der Waals surface area contributed by atoms with Crippen molar-refractivity contribution in [3.8, 4) is 16.9 Å². The molecule has 1 fully saturated rings. The van der Waals surface area contributed by atoms with Gasteiger partial charge in [-0.1, -0.05) is 24.3 Å². The van der Waals surface area contributed by atoms with Crippen molar-refractivity contribution in [3.63, 3.8) is 0 Å². The van der Waals surface area contributed by atoms with Crippen LogP contribution in [-0.4, -0.2) is 55.3 Å². The van der Waals surface area contributed by atoms with Crippen molar-refractivity contribution < 1.29 is 14.3 Å². The van der Waals surface area contributed by atoms with Crippen molar-refractivity contribution >= 4 is 17.3 Å². The molecule has 1 aliphatic rings. The highest BCUT2D eigenvalue weighted by atomic mass is 16.5. The summed E-state index contributed by atoms with van der Waals surface area (Å²) >= 11 is 0. The number of aromatic nitrogens is 1. The first-order chi connectivity index (χ1) is 12.8. The molecule has 26 heavy (non-hydrogen) atoms. The number of hydrogen-bond acceptors (Lipinski definition) is 4. The van der Waals surface area contributed by atoms with Gasteiger partial charge in [0.05, 0.1) is 18.7 Å². The molecular formula is C21H22N2O3. The van der Waals surface area contributed by atoms with E-state index in [0.717, 1.165) is 67.0 Å². The lowest BCUT2D eigenvalue weighted by molar-refractivity contribution is 0.0322. The molecule has 1 aliphatic heterocycles. The number of ether oxygens (including phenoxy) is 2. The highest BCUT2D eigenvalue weighted by Gasteiger charge is 2.11. The summed E-state index contributed by atoms with van der Waals surface area (Å²) in [5, 5.41) is 1.06. The monoisotopic (exact) mass is 350 g/mol. The third-order valence-electron chi connectivity index (χ3n) is 4.80. The molecule has 5 heteroatoms. The molecule has 1 aromatic heterocycles. The zero-order valence-electron chi connectivity index (χ0n) is 14.6. The average Bonchev–Trinajstić information content (AvgIpc) is 3.12. The second-order valence-corrected chi connectivity index (χ2v) is 6.40. The Bertz CT molecular complexity index is 897. The van der Waals surface area contributed by atoms with Gasteiger partial charge in [0.2, 0.25) is 6.41 Å². The molecule has 1 saturated heterocycles. The van der Waals surface area contributed by atoms with Crippen molar-refractivity contribution in [2.75, 3.05) is 39.5 Å². The fourth-order valence-corrected chi connectivity index (χ4v) is 3.40. The number of carbonyl (C=O) groups excluding carboxylic acids is 1. The van der Waals surface area contributed by atoms with E-state index in [1.54, 1.807) is 10.8 Å². The van der Waals surface area contributed by atoms with E-state index in [0.29, 0.717) is 6.61 Å². The van der Waals surface area contributed by atoms with Gasteiger partial charge >= 0.3 is 0 Å². The Hall–Kier alpha value is -2.63. The maximum Gasteiger partial charge on any atom is 0.218 e. The lowest BCUT2D eigenvalue weighted by Gasteiger charge is -2.26. The van der Waals surface area contributed by atoms with Crippen LogP contribution < -0.4 is 4.74 Å². The van der Waals surface area contributed by atoms with Crippen LogP contribution in [0.2, 0.25) is 0 Å². The van der Waals surface area contributed by atoms with E-state index < -0.39 is 0 Å². The molecule has 2 aromatic carbocycles. The van der Waals surface area contributed by atoms with E-state index in [2.05, 4.69) is 23.1 Å². The van der Waals surface area contributed by atoms with Gasteiger partial charge in [-0.25, -0.2) is 0 Å². The Morgan fingerprint density at radius 3 is 2.77 bits per heavy atom. The van der Waals surface area contributed by atoms with Gasteiger partial charge in [-0.15, -0.1) is 0 Å². The van der Waals surface area contributed by atoms with Gasteiger partial charge in [0, 0.05) is 31.2 Å². The van der Waals surface area contributed by atoms with E-state index in [1.165, 1.54) is 0 Å². The number of nitrogens with zero attached hydrogens (tertiary/aromatic N) is 2. The maximum absolute atomic E-state index is 11.2. The van der Waals surface area contributed by atoms with Gasteiger partial charge in [0.15, 0.2) is 0 Å². The third-order valence-corrected chi connectivity index (χ3v) is 4.80. The molecule has 0 N–H and O–H groups in total. The second kappa shape index (κ2) is 7.72. The fourth-order valence-electron chi connectivity index (χ4n) is 3.40. The minimum absolute atomic E-state index is 0.662. The Balaban J connectivity index is 1.50. The molecular weight excluding hydrogens is 328 g/mol. The summed E-state index contributed by atoms with van der Waals surface area (Å²) < 4.78 is 12.9. The number of rotatable bonds is 6. The van der Waals surface area contributed by atoms with Crippen molar-refractivity contribution in [1.82, 2.24) is 9.47 Å². The molecule has 0 bridgehead atoms. The number of benzene rings is 2. The summed E-state index contributed by atoms with van der Waals surface area (Å²) in [4.78, 5) is 13.5. The van der Waals surface area contributed by atoms with E-state index in [4.69, 9.17) is 9.47 Å². The standard InChI is InChI=1S/C21H22N2O3/c24-16-23-8-7-20-19(5-2-6-21(20)23)17-3-1-4-18(15-17)26-14-11-22-9-12-25-13-10-22/h1-8,15-16H,9-14H2. The highest BCUT2D eigenvalue weighted by Crippen LogP contribution is 2.31. The third kappa shape index (κ3) is 3.49. The van der Waals surface area contributed by atoms with E-state index in [-0.39, 0.29) is 0 Å². The molecule has 0 spiro atoms. The topological polar surface area (TPSA) is 43.7 Å². The van der Waals surface area contributed by atoms with Gasteiger partial charge < -0.3 is 9.47 Å². The maximum atomic E-state index is 11.2. The largest absolute Gasteiger partial charge is 0.492 e. The minimum Gasteiger partial charge on any atom is -0.492 e. The Morgan fingerprint density at radius 1 is 1.08 bits per heavy atom. The van der Waals surface area contributed by atoms with Gasteiger partial charge in [0.1, 0.15) is 12.4 Å². The van der Waals surface area contributed by atoms with Crippen LogP contribution in [0.1, 0.15) is 0 Å². The fraction of sp³-hybridized carbons (Fsp3) is 0.286. The number of hydrogen-bond donors (Lipinski definition) is 0. The van der Waals surface area contributed by atoms with Crippen molar-refractivity contribution in [3.05, 3.63) is 54.7 Å². The quantitative estimate of drug-likeness (QED) is 0.641. The highest BCUT2D eigenvalue weighted by molar-refractivity contribution is 5.97. The van der Waals surface area contributed by atoms with Crippen molar-refractivity contribution in [2.24, 2.45) is 0 Å². The first-order valence-corrected chi connectivity index (χ1v) is 8.93. The molecule has 5 nitrogen and oxygen atoms in total. The normalized spacial score (nSPS) is 15.2. The molecule has 2 heterocycles. The first kappa shape index (κ1) is 16.8. The minimum atomic E-state index is 0.662. The van der Waals surface area contributed by atoms with E-state index >= 15 is 0 Å². The summed E-state index contributed by atoms with van der Waals surface area (Å²) in [5.41, 5.74) is 3.10. The van der Waals surface area contributed by atoms with Gasteiger partial charge in [0.25, 0.3) is 0 Å². The Kier molecular flexibility index (Phi) is 5.00. The SMILES string of the molecule is O=Cn1ccc2c(-c3cccc(OCCN4CCOCC4)c3)cccc21. The summed E-state index contributed by atoms with van der Waals surface area (Å²) in [6, 6.07) is 16.1. The number of carbonyl (C=O) groups is 1. The van der Waals surface area contributed by atoms with Crippen LogP contribution in [0.4, 0.5) is 0 Å². The first-order valence-electron chi connectivity index (χ1n) is 8.93. The molecule has 134 valence electrons. The van der Waals surface area contributed by atoms with E-state index in [1.807, 2.05) is 30.3 Å². The van der Waals surface area contributed by atoms with Crippen LogP contribution in [0.3, 0.4) is 0 Å². The zero-order valence-corrected chi connectivity index (χ0v) is 14.6. The predicted octanol–water partition coefficient (Wildman–Crippen LogP) is 3.06.